The van der Waals surface area contributed by atoms with E-state index in [1.807, 2.05) is 0 Å². The van der Waals surface area contributed by atoms with Gasteiger partial charge < -0.3 is 4.90 Å². The van der Waals surface area contributed by atoms with Gasteiger partial charge in [0.25, 0.3) is 0 Å². The summed E-state index contributed by atoms with van der Waals surface area (Å²) < 4.78 is 0. The Balaban J connectivity index is 2.10. The lowest BCUT2D eigenvalue weighted by Crippen LogP contribution is -2.21. The summed E-state index contributed by atoms with van der Waals surface area (Å²) in [6, 6.07) is 15.5. The molecule has 19 heavy (non-hydrogen) atoms. The fourth-order valence-corrected chi connectivity index (χ4v) is 3.70. The third-order valence-corrected chi connectivity index (χ3v) is 4.95. The largest absolute Gasteiger partial charge is 0.372 e. The van der Waals surface area contributed by atoms with E-state index in [1.165, 1.54) is 27.9 Å². The Kier molecular flexibility index (Phi) is 3.36. The minimum absolute atomic E-state index is 0.328. The van der Waals surface area contributed by atoms with Crippen molar-refractivity contribution in [2.45, 2.75) is 18.7 Å². The summed E-state index contributed by atoms with van der Waals surface area (Å²) in [6.45, 7) is 6.51. The fourth-order valence-electron chi connectivity index (χ4n) is 2.92. The van der Waals surface area contributed by atoms with Crippen molar-refractivity contribution in [3.8, 4) is 11.1 Å². The number of benzene rings is 2. The number of alkyl halides is 1. The standard InChI is InChI=1S/C17H18BrN/c1-3-19(4-2)12-9-10-14-13-7-5-6-8-15(13)17(18)16(14)11-12/h5-11,17H,3-4H2,1-2H3. The zero-order valence-corrected chi connectivity index (χ0v) is 12.9. The van der Waals surface area contributed by atoms with E-state index in [0.29, 0.717) is 4.83 Å². The molecule has 0 saturated carbocycles. The number of nitrogens with zero attached hydrogens (tertiary/aromatic N) is 1. The Labute approximate surface area is 123 Å². The van der Waals surface area contributed by atoms with Gasteiger partial charge in [0.15, 0.2) is 0 Å². The van der Waals surface area contributed by atoms with Crippen LogP contribution in [0.3, 0.4) is 0 Å². The average Bonchev–Trinajstić information content (AvgIpc) is 2.74. The molecular weight excluding hydrogens is 298 g/mol. The van der Waals surface area contributed by atoms with E-state index >= 15 is 0 Å². The van der Waals surface area contributed by atoms with Crippen LogP contribution in [0.25, 0.3) is 11.1 Å². The maximum Gasteiger partial charge on any atom is 0.0657 e. The van der Waals surface area contributed by atoms with Gasteiger partial charge in [0.1, 0.15) is 0 Å². The number of fused-ring (bicyclic) bond motifs is 3. The van der Waals surface area contributed by atoms with Crippen LogP contribution in [0.1, 0.15) is 29.8 Å². The highest BCUT2D eigenvalue weighted by Gasteiger charge is 2.26. The number of anilines is 1. The van der Waals surface area contributed by atoms with Gasteiger partial charge in [0.2, 0.25) is 0 Å². The molecule has 2 aromatic carbocycles. The third-order valence-electron chi connectivity index (χ3n) is 3.96. The first-order valence-electron chi connectivity index (χ1n) is 6.88. The molecule has 1 atom stereocenters. The second-order valence-electron chi connectivity index (χ2n) is 4.89. The Morgan fingerprint density at radius 2 is 1.63 bits per heavy atom. The number of hydrogen-bond acceptors (Lipinski definition) is 1. The first-order chi connectivity index (χ1) is 9.26. The van der Waals surface area contributed by atoms with E-state index in [0.717, 1.165) is 13.1 Å². The van der Waals surface area contributed by atoms with Gasteiger partial charge in [0, 0.05) is 18.8 Å². The quantitative estimate of drug-likeness (QED) is 0.721. The first-order valence-corrected chi connectivity index (χ1v) is 7.80. The SMILES string of the molecule is CCN(CC)c1ccc2c(c1)C(Br)c1ccccc1-2. The molecule has 0 amide bonds. The van der Waals surface area contributed by atoms with Crippen molar-refractivity contribution in [3.05, 3.63) is 53.6 Å². The van der Waals surface area contributed by atoms with Crippen LogP contribution in [0.15, 0.2) is 42.5 Å². The second kappa shape index (κ2) is 5.01. The lowest BCUT2D eigenvalue weighted by molar-refractivity contribution is 0.865. The monoisotopic (exact) mass is 315 g/mol. The Morgan fingerprint density at radius 3 is 2.37 bits per heavy atom. The van der Waals surface area contributed by atoms with Crippen molar-refractivity contribution in [2.24, 2.45) is 0 Å². The van der Waals surface area contributed by atoms with Crippen LogP contribution in [-0.4, -0.2) is 13.1 Å². The van der Waals surface area contributed by atoms with Gasteiger partial charge in [-0.05, 0) is 48.2 Å². The molecule has 3 rings (SSSR count). The predicted molar refractivity (Wildman–Crippen MR) is 86.2 cm³/mol. The van der Waals surface area contributed by atoms with Crippen LogP contribution >= 0.6 is 15.9 Å². The van der Waals surface area contributed by atoms with Gasteiger partial charge in [-0.2, -0.15) is 0 Å². The molecule has 1 aliphatic rings. The van der Waals surface area contributed by atoms with Crippen molar-refractivity contribution in [3.63, 3.8) is 0 Å². The van der Waals surface area contributed by atoms with Crippen LogP contribution in [0.2, 0.25) is 0 Å². The van der Waals surface area contributed by atoms with E-state index in [2.05, 4.69) is 77.1 Å². The molecule has 0 aliphatic heterocycles. The van der Waals surface area contributed by atoms with Crippen LogP contribution in [0.4, 0.5) is 5.69 Å². The summed E-state index contributed by atoms with van der Waals surface area (Å²) in [6.07, 6.45) is 0. The maximum absolute atomic E-state index is 3.84. The second-order valence-corrected chi connectivity index (χ2v) is 5.81. The third kappa shape index (κ3) is 1.99. The molecule has 0 bridgehead atoms. The van der Waals surface area contributed by atoms with Crippen molar-refractivity contribution in [1.29, 1.82) is 0 Å². The molecule has 0 N–H and O–H groups in total. The number of rotatable bonds is 3. The summed E-state index contributed by atoms with van der Waals surface area (Å²) in [5.41, 5.74) is 6.83. The van der Waals surface area contributed by atoms with Gasteiger partial charge in [-0.1, -0.05) is 46.3 Å². The molecule has 98 valence electrons. The van der Waals surface area contributed by atoms with Gasteiger partial charge in [-0.25, -0.2) is 0 Å². The van der Waals surface area contributed by atoms with E-state index in [4.69, 9.17) is 0 Å². The van der Waals surface area contributed by atoms with Crippen LogP contribution in [-0.2, 0) is 0 Å². The Hall–Kier alpha value is -1.28. The molecule has 1 aliphatic carbocycles. The lowest BCUT2D eigenvalue weighted by Gasteiger charge is -2.22. The summed E-state index contributed by atoms with van der Waals surface area (Å²) in [4.78, 5) is 2.72. The predicted octanol–water partition coefficient (Wildman–Crippen LogP) is 5.00. The van der Waals surface area contributed by atoms with E-state index < -0.39 is 0 Å². The average molecular weight is 316 g/mol. The maximum atomic E-state index is 3.84. The summed E-state index contributed by atoms with van der Waals surface area (Å²) in [5, 5.41) is 0. The highest BCUT2D eigenvalue weighted by atomic mass is 79.9. The molecule has 2 heteroatoms. The summed E-state index contributed by atoms with van der Waals surface area (Å²) >= 11 is 3.84. The van der Waals surface area contributed by atoms with Crippen molar-refractivity contribution in [1.82, 2.24) is 0 Å². The van der Waals surface area contributed by atoms with Gasteiger partial charge in [-0.15, -0.1) is 0 Å². The number of hydrogen-bond donors (Lipinski definition) is 0. The molecule has 2 aromatic rings. The topological polar surface area (TPSA) is 3.24 Å². The molecule has 0 saturated heterocycles. The number of halogens is 1. The smallest absolute Gasteiger partial charge is 0.0657 e. The van der Waals surface area contributed by atoms with Crippen molar-refractivity contribution >= 4 is 21.6 Å². The molecule has 0 spiro atoms. The molecule has 1 nitrogen and oxygen atoms in total. The molecule has 0 fully saturated rings. The summed E-state index contributed by atoms with van der Waals surface area (Å²) in [5.74, 6) is 0. The highest BCUT2D eigenvalue weighted by Crippen LogP contribution is 2.48. The van der Waals surface area contributed by atoms with E-state index in [9.17, 15) is 0 Å². The molecule has 1 unspecified atom stereocenters. The molecule has 0 radical (unpaired) electrons. The van der Waals surface area contributed by atoms with E-state index in [1.54, 1.807) is 0 Å². The first kappa shape index (κ1) is 12.7. The zero-order valence-electron chi connectivity index (χ0n) is 11.4. The fraction of sp³-hybridized carbons (Fsp3) is 0.294. The van der Waals surface area contributed by atoms with Crippen molar-refractivity contribution < 1.29 is 0 Å². The molecule has 0 heterocycles. The van der Waals surface area contributed by atoms with E-state index in [-0.39, 0.29) is 0 Å². The summed E-state index contributed by atoms with van der Waals surface area (Å²) in [7, 11) is 0. The molecule has 0 aromatic heterocycles. The normalized spacial score (nSPS) is 16.1. The van der Waals surface area contributed by atoms with Gasteiger partial charge in [-0.3, -0.25) is 0 Å². The van der Waals surface area contributed by atoms with Crippen LogP contribution < -0.4 is 4.90 Å². The van der Waals surface area contributed by atoms with Crippen LogP contribution in [0.5, 0.6) is 0 Å². The Morgan fingerprint density at radius 1 is 0.947 bits per heavy atom. The lowest BCUT2D eigenvalue weighted by atomic mass is 10.1. The Bertz CT molecular complexity index is 602. The van der Waals surface area contributed by atoms with Gasteiger partial charge in [0.05, 0.1) is 4.83 Å². The highest BCUT2D eigenvalue weighted by molar-refractivity contribution is 9.09. The van der Waals surface area contributed by atoms with Crippen LogP contribution in [0, 0.1) is 0 Å². The minimum Gasteiger partial charge on any atom is -0.372 e. The van der Waals surface area contributed by atoms with Gasteiger partial charge >= 0.3 is 0 Å². The zero-order chi connectivity index (χ0) is 13.4. The molecular formula is C17H18BrN. The minimum atomic E-state index is 0.328. The van der Waals surface area contributed by atoms with Crippen molar-refractivity contribution in [2.75, 3.05) is 18.0 Å².